The highest BCUT2D eigenvalue weighted by Gasteiger charge is 2.26. The summed E-state index contributed by atoms with van der Waals surface area (Å²) in [5.41, 5.74) is -2.56. The first-order valence-electron chi connectivity index (χ1n) is 11.0. The minimum Gasteiger partial charge on any atom is -0.202 e. The zero-order valence-electron chi connectivity index (χ0n) is 19.4. The van der Waals surface area contributed by atoms with Gasteiger partial charge in [0, 0.05) is 11.1 Å². The third-order valence-electron chi connectivity index (χ3n) is 5.98. The monoisotopic (exact) mass is 558 g/mol. The molecule has 0 amide bonds. The van der Waals surface area contributed by atoms with Gasteiger partial charge in [-0.1, -0.05) is 72.2 Å². The molecule has 0 fully saturated rings. The molecule has 0 aromatic heterocycles. The summed E-state index contributed by atoms with van der Waals surface area (Å²) in [6, 6.07) is 12.0. The Morgan fingerprint density at radius 3 is 0.725 bits per heavy atom. The lowest BCUT2D eigenvalue weighted by molar-refractivity contribution is 0.376. The summed E-state index contributed by atoms with van der Waals surface area (Å²) in [6.07, 6.45) is 0. The van der Waals surface area contributed by atoms with Crippen molar-refractivity contribution >= 4 is 21.5 Å². The lowest BCUT2D eigenvalue weighted by atomic mass is 9.91. The first kappa shape index (κ1) is 26.6. The quantitative estimate of drug-likeness (QED) is 0.0592. The summed E-state index contributed by atoms with van der Waals surface area (Å²) < 4.78 is 138. The predicted molar refractivity (Wildman–Crippen MR) is 126 cm³/mol. The molecule has 0 saturated heterocycles. The van der Waals surface area contributed by atoms with Gasteiger partial charge in [-0.15, -0.1) is 0 Å². The second-order valence-electron chi connectivity index (χ2n) is 8.23. The van der Waals surface area contributed by atoms with Gasteiger partial charge in [-0.3, -0.25) is 0 Å². The Labute approximate surface area is 218 Å². The average Bonchev–Trinajstić information content (AvgIpc) is 2.97. The van der Waals surface area contributed by atoms with Crippen LogP contribution in [0.5, 0.6) is 0 Å². The van der Waals surface area contributed by atoms with Crippen molar-refractivity contribution in [1.82, 2.24) is 0 Å². The van der Waals surface area contributed by atoms with E-state index in [0.29, 0.717) is 0 Å². The van der Waals surface area contributed by atoms with Crippen LogP contribution in [-0.4, -0.2) is 0 Å². The standard InChI is InChI=1S/C30H8F10/c31-21-19(22(32)26(36)29(39)25(21)35)11-9-17-13-5-1-2-6-14(13)18(16-8-4-3-7-15(16)17)10-12-20-23(33)27(37)30(40)28(38)24(20)34/h1-8H. The minimum absolute atomic E-state index is 0.0805. The van der Waals surface area contributed by atoms with Crippen LogP contribution < -0.4 is 0 Å². The van der Waals surface area contributed by atoms with Crippen molar-refractivity contribution < 1.29 is 43.9 Å². The van der Waals surface area contributed by atoms with Gasteiger partial charge in [0.25, 0.3) is 0 Å². The van der Waals surface area contributed by atoms with Gasteiger partial charge in [0.2, 0.25) is 11.6 Å². The van der Waals surface area contributed by atoms with E-state index in [1.54, 1.807) is 0 Å². The third kappa shape index (κ3) is 4.09. The summed E-state index contributed by atoms with van der Waals surface area (Å²) in [4.78, 5) is 0. The van der Waals surface area contributed by atoms with Crippen molar-refractivity contribution in [3.8, 4) is 23.7 Å². The van der Waals surface area contributed by atoms with Gasteiger partial charge in [0.15, 0.2) is 46.5 Å². The average molecular weight is 558 g/mol. The molecule has 10 heteroatoms. The fourth-order valence-corrected chi connectivity index (χ4v) is 4.08. The first-order valence-corrected chi connectivity index (χ1v) is 11.0. The van der Waals surface area contributed by atoms with Crippen molar-refractivity contribution in [2.24, 2.45) is 0 Å². The van der Waals surface area contributed by atoms with Crippen LogP contribution in [0.15, 0.2) is 48.5 Å². The lowest BCUT2D eigenvalue weighted by Crippen LogP contribution is -2.04. The predicted octanol–water partition coefficient (Wildman–Crippen LogP) is 8.18. The van der Waals surface area contributed by atoms with E-state index in [-0.39, 0.29) is 32.7 Å². The molecule has 0 N–H and O–H groups in total. The number of rotatable bonds is 0. The van der Waals surface area contributed by atoms with Crippen LogP contribution in [0, 0.1) is 81.9 Å². The molecule has 0 atom stereocenters. The van der Waals surface area contributed by atoms with Crippen LogP contribution in [0.4, 0.5) is 43.9 Å². The third-order valence-corrected chi connectivity index (χ3v) is 5.98. The molecule has 0 bridgehead atoms. The molecule has 0 radical (unpaired) electrons. The Balaban J connectivity index is 1.81. The highest BCUT2D eigenvalue weighted by molar-refractivity contribution is 6.09. The number of hydrogen-bond donors (Lipinski definition) is 0. The highest BCUT2D eigenvalue weighted by Crippen LogP contribution is 2.33. The summed E-state index contributed by atoms with van der Waals surface area (Å²) in [5.74, 6) is -13.0. The molecule has 5 aromatic carbocycles. The fraction of sp³-hybridized carbons (Fsp3) is 0. The van der Waals surface area contributed by atoms with Crippen LogP contribution in [0.1, 0.15) is 22.3 Å². The van der Waals surface area contributed by atoms with E-state index in [1.807, 2.05) is 11.8 Å². The zero-order valence-corrected chi connectivity index (χ0v) is 19.4. The van der Waals surface area contributed by atoms with Gasteiger partial charge < -0.3 is 0 Å². The largest absolute Gasteiger partial charge is 0.202 e. The molecule has 5 aromatic rings. The first-order chi connectivity index (χ1) is 19.0. The van der Waals surface area contributed by atoms with Crippen LogP contribution in [0.3, 0.4) is 0 Å². The van der Waals surface area contributed by atoms with Crippen molar-refractivity contribution in [2.75, 3.05) is 0 Å². The summed E-state index contributed by atoms with van der Waals surface area (Å²) in [7, 11) is 0. The molecule has 5 rings (SSSR count). The maximum atomic E-state index is 14.2. The summed E-state index contributed by atoms with van der Waals surface area (Å²) in [6.45, 7) is 0. The molecule has 0 aliphatic carbocycles. The number of hydrogen-bond acceptors (Lipinski definition) is 0. The second-order valence-corrected chi connectivity index (χ2v) is 8.23. The number of benzene rings is 5. The van der Waals surface area contributed by atoms with E-state index >= 15 is 0 Å². The van der Waals surface area contributed by atoms with Gasteiger partial charge in [0.05, 0.1) is 0 Å². The van der Waals surface area contributed by atoms with Crippen molar-refractivity contribution in [3.63, 3.8) is 0 Å². The molecule has 198 valence electrons. The molecule has 0 nitrogen and oxygen atoms in total. The van der Waals surface area contributed by atoms with Crippen LogP contribution in [-0.2, 0) is 0 Å². The molecule has 0 saturated carbocycles. The van der Waals surface area contributed by atoms with Crippen molar-refractivity contribution in [2.45, 2.75) is 0 Å². The zero-order chi connectivity index (χ0) is 28.9. The summed E-state index contributed by atoms with van der Waals surface area (Å²) >= 11 is 0. The normalized spacial score (nSPS) is 10.8. The number of fused-ring (bicyclic) bond motifs is 2. The molecule has 0 aliphatic heterocycles. The number of halogens is 10. The van der Waals surface area contributed by atoms with E-state index in [2.05, 4.69) is 11.8 Å². The van der Waals surface area contributed by atoms with Crippen molar-refractivity contribution in [3.05, 3.63) is 129 Å². The van der Waals surface area contributed by atoms with Gasteiger partial charge in [-0.25, -0.2) is 43.9 Å². The Hall–Kier alpha value is -4.96. The minimum atomic E-state index is -2.34. The van der Waals surface area contributed by atoms with E-state index in [9.17, 15) is 43.9 Å². The van der Waals surface area contributed by atoms with Gasteiger partial charge in [0.1, 0.15) is 11.1 Å². The smallest absolute Gasteiger partial charge is 0.200 e. The molecule has 40 heavy (non-hydrogen) atoms. The van der Waals surface area contributed by atoms with Crippen molar-refractivity contribution in [1.29, 1.82) is 0 Å². The second kappa shape index (κ2) is 9.97. The lowest BCUT2D eigenvalue weighted by Gasteiger charge is -2.11. The van der Waals surface area contributed by atoms with Crippen LogP contribution in [0.2, 0.25) is 0 Å². The Bertz CT molecular complexity index is 1760. The highest BCUT2D eigenvalue weighted by atomic mass is 19.2. The molecule has 0 spiro atoms. The Morgan fingerprint density at radius 2 is 0.475 bits per heavy atom. The van der Waals surface area contributed by atoms with E-state index in [4.69, 9.17) is 0 Å². The SMILES string of the molecule is Fc1c(F)c(F)c(C#Cc2c3ccccc3c(C#Cc3c(F)c(F)c(F)c(F)c3F)c3ccccc23)c(F)c1F. The molecular weight excluding hydrogens is 550 g/mol. The van der Waals surface area contributed by atoms with Crippen LogP contribution in [0.25, 0.3) is 21.5 Å². The van der Waals surface area contributed by atoms with Gasteiger partial charge >= 0.3 is 0 Å². The molecule has 0 unspecified atom stereocenters. The van der Waals surface area contributed by atoms with E-state index in [1.165, 1.54) is 48.5 Å². The van der Waals surface area contributed by atoms with Crippen LogP contribution >= 0.6 is 0 Å². The van der Waals surface area contributed by atoms with E-state index in [0.717, 1.165) is 0 Å². The Kier molecular flexibility index (Phi) is 6.64. The molecular formula is C30H8F10. The Morgan fingerprint density at radius 1 is 0.275 bits per heavy atom. The van der Waals surface area contributed by atoms with E-state index < -0.39 is 69.3 Å². The van der Waals surface area contributed by atoms with Gasteiger partial charge in [-0.05, 0) is 21.5 Å². The van der Waals surface area contributed by atoms with Gasteiger partial charge in [-0.2, -0.15) is 0 Å². The topological polar surface area (TPSA) is 0 Å². The summed E-state index contributed by atoms with van der Waals surface area (Å²) in [5, 5.41) is 0.997. The fourth-order valence-electron chi connectivity index (χ4n) is 4.08. The molecule has 0 aliphatic rings. The maximum Gasteiger partial charge on any atom is 0.200 e. The maximum absolute atomic E-state index is 14.2. The molecule has 0 heterocycles.